The Hall–Kier alpha value is -0.460. The summed E-state index contributed by atoms with van der Waals surface area (Å²) in [7, 11) is -0.433. The number of unbranched alkanes of at least 4 members (excludes halogenated alkanes) is 14. The standard InChI is InChI=1S/C23H49N2O5P/c1-4-5-6-7-8-9-10-11-12-13-14-15-16-17-18-19-23(26)24-22-30-31(27,28)29-21-20-25(2)3/h4-22H2,1-3H3,(H,24,26)(H,27,28). The monoisotopic (exact) mass is 464 g/mol. The lowest BCUT2D eigenvalue weighted by molar-refractivity contribution is -0.122. The Morgan fingerprint density at radius 1 is 0.806 bits per heavy atom. The second kappa shape index (κ2) is 21.4. The van der Waals surface area contributed by atoms with Gasteiger partial charge in [-0.15, -0.1) is 0 Å². The second-order valence-corrected chi connectivity index (χ2v) is 10.1. The van der Waals surface area contributed by atoms with Crippen molar-refractivity contribution >= 4 is 13.7 Å². The van der Waals surface area contributed by atoms with Crippen LogP contribution in [0.15, 0.2) is 0 Å². The summed E-state index contributed by atoms with van der Waals surface area (Å²) in [5.41, 5.74) is 0. The molecular formula is C23H49N2O5P. The minimum absolute atomic E-state index is 0.0911. The first-order chi connectivity index (χ1) is 14.9. The summed E-state index contributed by atoms with van der Waals surface area (Å²) in [6.45, 7) is 2.55. The predicted octanol–water partition coefficient (Wildman–Crippen LogP) is 6.02. The van der Waals surface area contributed by atoms with Crippen molar-refractivity contribution in [2.75, 3.05) is 34.0 Å². The Morgan fingerprint density at radius 3 is 1.71 bits per heavy atom. The Balaban J connectivity index is 3.36. The maximum Gasteiger partial charge on any atom is 0.473 e. The molecule has 8 heteroatoms. The van der Waals surface area contributed by atoms with Gasteiger partial charge < -0.3 is 15.1 Å². The minimum Gasteiger partial charge on any atom is -0.333 e. The van der Waals surface area contributed by atoms with Gasteiger partial charge in [-0.2, -0.15) is 0 Å². The predicted molar refractivity (Wildman–Crippen MR) is 128 cm³/mol. The molecule has 0 aliphatic rings. The Bertz CT molecular complexity index is 463. The number of carbonyl (C=O) groups excluding carboxylic acids is 1. The molecule has 1 atom stereocenters. The molecule has 0 aromatic heterocycles. The van der Waals surface area contributed by atoms with E-state index in [2.05, 4.69) is 12.2 Å². The second-order valence-electron chi connectivity index (χ2n) is 8.68. The van der Waals surface area contributed by atoms with Crippen LogP contribution in [-0.4, -0.2) is 49.7 Å². The summed E-state index contributed by atoms with van der Waals surface area (Å²) in [6.07, 6.45) is 19.7. The quantitative estimate of drug-likeness (QED) is 0.109. The number of likely N-dealkylation sites (N-methyl/N-ethyl adjacent to an activating group) is 1. The molecule has 1 amide bonds. The van der Waals surface area contributed by atoms with Gasteiger partial charge in [-0.25, -0.2) is 4.57 Å². The topological polar surface area (TPSA) is 88.1 Å². The fraction of sp³-hybridized carbons (Fsp3) is 0.957. The van der Waals surface area contributed by atoms with Gasteiger partial charge in [-0.1, -0.05) is 96.8 Å². The summed E-state index contributed by atoms with van der Waals surface area (Å²) in [5, 5.41) is 2.50. The molecule has 0 aliphatic carbocycles. The van der Waals surface area contributed by atoms with E-state index in [1.807, 2.05) is 19.0 Å². The van der Waals surface area contributed by atoms with Gasteiger partial charge in [0.05, 0.1) is 6.61 Å². The molecule has 0 aromatic rings. The molecule has 0 spiro atoms. The van der Waals surface area contributed by atoms with Crippen LogP contribution in [0.3, 0.4) is 0 Å². The van der Waals surface area contributed by atoms with Gasteiger partial charge in [0.25, 0.3) is 0 Å². The average molecular weight is 465 g/mol. The highest BCUT2D eigenvalue weighted by Gasteiger charge is 2.20. The molecule has 2 N–H and O–H groups in total. The van der Waals surface area contributed by atoms with Crippen LogP contribution < -0.4 is 5.32 Å². The lowest BCUT2D eigenvalue weighted by Gasteiger charge is -2.14. The number of carbonyl (C=O) groups is 1. The molecular weight excluding hydrogens is 415 g/mol. The summed E-state index contributed by atoms with van der Waals surface area (Å²) >= 11 is 0. The number of nitrogens with one attached hydrogen (secondary N) is 1. The van der Waals surface area contributed by atoms with Crippen molar-refractivity contribution in [3.05, 3.63) is 0 Å². The molecule has 0 aromatic carbocycles. The third-order valence-corrected chi connectivity index (χ3v) is 6.26. The van der Waals surface area contributed by atoms with Crippen LogP contribution in [0.2, 0.25) is 0 Å². The van der Waals surface area contributed by atoms with Crippen molar-refractivity contribution < 1.29 is 23.3 Å². The van der Waals surface area contributed by atoms with E-state index >= 15 is 0 Å². The van der Waals surface area contributed by atoms with E-state index < -0.39 is 7.82 Å². The third-order valence-electron chi connectivity index (χ3n) is 5.30. The maximum absolute atomic E-state index is 11.8. The number of hydrogen-bond donors (Lipinski definition) is 2. The van der Waals surface area contributed by atoms with Gasteiger partial charge in [-0.05, 0) is 20.5 Å². The molecule has 0 aliphatic heterocycles. The van der Waals surface area contributed by atoms with Crippen LogP contribution >= 0.6 is 7.82 Å². The number of phosphoric ester groups is 1. The highest BCUT2D eigenvalue weighted by Crippen LogP contribution is 2.42. The van der Waals surface area contributed by atoms with Crippen molar-refractivity contribution in [2.24, 2.45) is 0 Å². The number of nitrogens with zero attached hydrogens (tertiary/aromatic N) is 1. The highest BCUT2D eigenvalue weighted by molar-refractivity contribution is 7.47. The molecule has 186 valence electrons. The Kier molecular flexibility index (Phi) is 21.1. The molecule has 0 rings (SSSR count). The zero-order valence-electron chi connectivity index (χ0n) is 20.4. The SMILES string of the molecule is CCCCCCCCCCCCCCCCCC(=O)NCOP(=O)(O)OCCN(C)C. The first kappa shape index (κ1) is 30.5. The van der Waals surface area contributed by atoms with Crippen LogP contribution in [0.1, 0.15) is 110 Å². The van der Waals surface area contributed by atoms with Gasteiger partial charge in [0, 0.05) is 13.0 Å². The summed E-state index contributed by atoms with van der Waals surface area (Å²) in [4.78, 5) is 23.1. The van der Waals surface area contributed by atoms with Gasteiger partial charge in [0.2, 0.25) is 5.91 Å². The highest BCUT2D eigenvalue weighted by atomic mass is 31.2. The lowest BCUT2D eigenvalue weighted by Crippen LogP contribution is -2.25. The van der Waals surface area contributed by atoms with Crippen molar-refractivity contribution in [1.29, 1.82) is 0 Å². The van der Waals surface area contributed by atoms with Crippen molar-refractivity contribution in [3.63, 3.8) is 0 Å². The van der Waals surface area contributed by atoms with E-state index in [1.165, 1.54) is 77.0 Å². The normalized spacial score (nSPS) is 13.5. The van der Waals surface area contributed by atoms with Crippen LogP contribution in [0.4, 0.5) is 0 Å². The van der Waals surface area contributed by atoms with Crippen LogP contribution in [-0.2, 0) is 18.4 Å². The Morgan fingerprint density at radius 2 is 1.26 bits per heavy atom. The molecule has 0 heterocycles. The zero-order valence-corrected chi connectivity index (χ0v) is 21.3. The molecule has 31 heavy (non-hydrogen) atoms. The van der Waals surface area contributed by atoms with E-state index in [4.69, 9.17) is 9.05 Å². The summed E-state index contributed by atoms with van der Waals surface area (Å²) < 4.78 is 21.2. The van der Waals surface area contributed by atoms with Gasteiger partial charge >= 0.3 is 7.82 Å². The third kappa shape index (κ3) is 24.0. The molecule has 0 saturated carbocycles. The molecule has 0 bridgehead atoms. The van der Waals surface area contributed by atoms with Gasteiger partial charge in [0.1, 0.15) is 6.73 Å². The summed E-state index contributed by atoms with van der Waals surface area (Å²) in [5.74, 6) is -0.164. The first-order valence-corrected chi connectivity index (χ1v) is 13.9. The fourth-order valence-electron chi connectivity index (χ4n) is 3.32. The number of phosphoric acid groups is 1. The van der Waals surface area contributed by atoms with Crippen molar-refractivity contribution in [1.82, 2.24) is 10.2 Å². The molecule has 1 unspecified atom stereocenters. The van der Waals surface area contributed by atoms with E-state index in [-0.39, 0.29) is 19.2 Å². The lowest BCUT2D eigenvalue weighted by atomic mass is 10.0. The summed E-state index contributed by atoms with van der Waals surface area (Å²) in [6, 6.07) is 0. The number of amides is 1. The average Bonchev–Trinajstić information content (AvgIpc) is 2.70. The van der Waals surface area contributed by atoms with Crippen molar-refractivity contribution in [3.8, 4) is 0 Å². The smallest absolute Gasteiger partial charge is 0.333 e. The first-order valence-electron chi connectivity index (χ1n) is 12.4. The molecule has 0 saturated heterocycles. The number of hydrogen-bond acceptors (Lipinski definition) is 5. The van der Waals surface area contributed by atoms with Gasteiger partial charge in [-0.3, -0.25) is 13.8 Å². The number of rotatable bonds is 23. The van der Waals surface area contributed by atoms with E-state index in [1.54, 1.807) is 0 Å². The van der Waals surface area contributed by atoms with Crippen LogP contribution in [0.5, 0.6) is 0 Å². The molecule has 0 fully saturated rings. The molecule has 0 radical (unpaired) electrons. The fourth-order valence-corrected chi connectivity index (χ4v) is 3.93. The van der Waals surface area contributed by atoms with Crippen LogP contribution in [0, 0.1) is 0 Å². The maximum atomic E-state index is 11.8. The largest absolute Gasteiger partial charge is 0.473 e. The Labute approximate surface area is 191 Å². The minimum atomic E-state index is -4.11. The molecule has 7 nitrogen and oxygen atoms in total. The van der Waals surface area contributed by atoms with E-state index in [0.29, 0.717) is 13.0 Å². The van der Waals surface area contributed by atoms with Crippen molar-refractivity contribution in [2.45, 2.75) is 110 Å². The van der Waals surface area contributed by atoms with Crippen LogP contribution in [0.25, 0.3) is 0 Å². The zero-order chi connectivity index (χ0) is 23.2. The van der Waals surface area contributed by atoms with E-state index in [0.717, 1.165) is 19.3 Å². The van der Waals surface area contributed by atoms with E-state index in [9.17, 15) is 14.3 Å². The van der Waals surface area contributed by atoms with Gasteiger partial charge in [0.15, 0.2) is 0 Å².